The molecule has 0 atom stereocenters. The van der Waals surface area contributed by atoms with Gasteiger partial charge in [-0.25, -0.2) is 4.79 Å². The van der Waals surface area contributed by atoms with Crippen LogP contribution >= 0.6 is 0 Å². The number of aromatic nitrogens is 1. The third-order valence-corrected chi connectivity index (χ3v) is 3.78. The molecule has 0 saturated carbocycles. The Morgan fingerprint density at radius 3 is 2.31 bits per heavy atom. The molecule has 0 saturated heterocycles. The number of aromatic amines is 1. The van der Waals surface area contributed by atoms with E-state index >= 15 is 0 Å². The molecule has 1 aromatic heterocycles. The first-order valence-electron chi connectivity index (χ1n) is 8.59. The molecule has 0 radical (unpaired) electrons. The maximum Gasteiger partial charge on any atom is 0.340 e. The number of hydrogen-bond acceptors (Lipinski definition) is 3. The highest BCUT2D eigenvalue weighted by atomic mass is 16.6. The first-order chi connectivity index (χ1) is 12.3. The highest BCUT2D eigenvalue weighted by molar-refractivity contribution is 5.93. The van der Waals surface area contributed by atoms with E-state index in [1.165, 1.54) is 0 Å². The Balaban J connectivity index is 1.93. The zero-order chi connectivity index (χ0) is 18.7. The molecule has 0 amide bonds. The topological polar surface area (TPSA) is 51.3 Å². The molecule has 1 N–H and O–H groups in total. The molecule has 4 heteroatoms. The number of esters is 1. The summed E-state index contributed by atoms with van der Waals surface area (Å²) in [5, 5.41) is 0. The number of carbonyl (C=O) groups is 1. The molecule has 0 bridgehead atoms. The van der Waals surface area contributed by atoms with Gasteiger partial charge in [0.25, 0.3) is 0 Å². The van der Waals surface area contributed by atoms with Gasteiger partial charge in [0.2, 0.25) is 0 Å². The van der Waals surface area contributed by atoms with Crippen LogP contribution in [0.2, 0.25) is 0 Å². The van der Waals surface area contributed by atoms with Crippen molar-refractivity contribution >= 4 is 5.97 Å². The number of benzene rings is 2. The quantitative estimate of drug-likeness (QED) is 0.611. The Morgan fingerprint density at radius 1 is 0.962 bits per heavy atom. The van der Waals surface area contributed by atoms with Crippen molar-refractivity contribution in [1.29, 1.82) is 0 Å². The first kappa shape index (κ1) is 17.8. The Morgan fingerprint density at radius 2 is 1.62 bits per heavy atom. The summed E-state index contributed by atoms with van der Waals surface area (Å²) >= 11 is 0. The van der Waals surface area contributed by atoms with Crippen LogP contribution in [0.1, 0.15) is 36.8 Å². The van der Waals surface area contributed by atoms with Gasteiger partial charge < -0.3 is 14.5 Å². The molecule has 0 fully saturated rings. The van der Waals surface area contributed by atoms with E-state index in [2.05, 4.69) is 4.98 Å². The molecule has 1 heterocycles. The summed E-state index contributed by atoms with van der Waals surface area (Å²) in [6, 6.07) is 19.2. The number of carbonyl (C=O) groups excluding carboxylic acids is 1. The van der Waals surface area contributed by atoms with Crippen LogP contribution in [0.25, 0.3) is 11.3 Å². The minimum Gasteiger partial charge on any atom is -0.457 e. The number of rotatable bonds is 4. The van der Waals surface area contributed by atoms with Crippen molar-refractivity contribution in [3.8, 4) is 22.8 Å². The van der Waals surface area contributed by atoms with Crippen molar-refractivity contribution in [2.45, 2.75) is 33.3 Å². The third kappa shape index (κ3) is 4.14. The Bertz CT molecular complexity index is 905. The number of nitrogens with one attached hydrogen (secondary N) is 1. The third-order valence-electron chi connectivity index (χ3n) is 3.78. The van der Waals surface area contributed by atoms with Gasteiger partial charge in [-0.15, -0.1) is 0 Å². The van der Waals surface area contributed by atoms with Crippen LogP contribution in [0.4, 0.5) is 0 Å². The van der Waals surface area contributed by atoms with Crippen molar-refractivity contribution in [3.05, 3.63) is 71.9 Å². The van der Waals surface area contributed by atoms with E-state index < -0.39 is 5.60 Å². The van der Waals surface area contributed by atoms with E-state index in [-0.39, 0.29) is 5.97 Å². The Hall–Kier alpha value is -3.01. The first-order valence-corrected chi connectivity index (χ1v) is 8.59. The number of H-pyrrole nitrogens is 1. The van der Waals surface area contributed by atoms with Crippen LogP contribution < -0.4 is 4.74 Å². The predicted octanol–water partition coefficient (Wildman–Crippen LogP) is 5.74. The predicted molar refractivity (Wildman–Crippen MR) is 103 cm³/mol. The average molecular weight is 349 g/mol. The van der Waals surface area contributed by atoms with E-state index in [0.717, 1.165) is 28.5 Å². The van der Waals surface area contributed by atoms with Gasteiger partial charge >= 0.3 is 5.97 Å². The van der Waals surface area contributed by atoms with E-state index in [0.29, 0.717) is 5.56 Å². The fourth-order valence-corrected chi connectivity index (χ4v) is 2.64. The zero-order valence-corrected chi connectivity index (χ0v) is 15.5. The second-order valence-electron chi connectivity index (χ2n) is 7.13. The molecule has 0 aliphatic rings. The maximum absolute atomic E-state index is 12.4. The molecular weight excluding hydrogens is 326 g/mol. The lowest BCUT2D eigenvalue weighted by atomic mass is 10.1. The number of para-hydroxylation sites is 2. The Kier molecular flexibility index (Phi) is 4.85. The minimum atomic E-state index is -0.532. The average Bonchev–Trinajstić information content (AvgIpc) is 2.97. The second-order valence-corrected chi connectivity index (χ2v) is 7.13. The van der Waals surface area contributed by atoms with Crippen LogP contribution in [-0.4, -0.2) is 16.6 Å². The Labute approximate surface area is 153 Å². The van der Waals surface area contributed by atoms with Gasteiger partial charge in [-0.1, -0.05) is 30.3 Å². The summed E-state index contributed by atoms with van der Waals surface area (Å²) in [5.74, 6) is 1.14. The van der Waals surface area contributed by atoms with Crippen LogP contribution in [-0.2, 0) is 4.74 Å². The summed E-state index contributed by atoms with van der Waals surface area (Å²) in [5.41, 5.74) is 2.47. The molecule has 2 aromatic carbocycles. The van der Waals surface area contributed by atoms with Crippen molar-refractivity contribution < 1.29 is 14.3 Å². The molecule has 0 aliphatic heterocycles. The highest BCUT2D eigenvalue weighted by Gasteiger charge is 2.22. The zero-order valence-electron chi connectivity index (χ0n) is 15.5. The van der Waals surface area contributed by atoms with Gasteiger partial charge in [0.05, 0.1) is 11.3 Å². The standard InChI is InChI=1S/C22H23NO3/c1-15-18(21(24)26-22(2,3)4)14-19(23-15)17-12-8-9-13-20(17)25-16-10-6-5-7-11-16/h5-14,23H,1-4H3. The molecule has 134 valence electrons. The fraction of sp³-hybridized carbons (Fsp3) is 0.227. The number of aryl methyl sites for hydroxylation is 1. The van der Waals surface area contributed by atoms with Crippen LogP contribution in [0.3, 0.4) is 0 Å². The van der Waals surface area contributed by atoms with E-state index in [9.17, 15) is 4.79 Å². The lowest BCUT2D eigenvalue weighted by Gasteiger charge is -2.19. The van der Waals surface area contributed by atoms with Crippen molar-refractivity contribution in [1.82, 2.24) is 4.98 Å². The molecule has 3 rings (SSSR count). The normalized spacial score (nSPS) is 11.2. The fourth-order valence-electron chi connectivity index (χ4n) is 2.64. The molecule has 26 heavy (non-hydrogen) atoms. The summed E-state index contributed by atoms with van der Waals surface area (Å²) in [4.78, 5) is 15.7. The van der Waals surface area contributed by atoms with Crippen molar-refractivity contribution in [3.63, 3.8) is 0 Å². The van der Waals surface area contributed by atoms with E-state index in [1.54, 1.807) is 0 Å². The summed E-state index contributed by atoms with van der Waals surface area (Å²) in [6.07, 6.45) is 0. The van der Waals surface area contributed by atoms with E-state index in [1.807, 2.05) is 88.4 Å². The molecule has 4 nitrogen and oxygen atoms in total. The van der Waals surface area contributed by atoms with Gasteiger partial charge in [-0.2, -0.15) is 0 Å². The minimum absolute atomic E-state index is 0.334. The van der Waals surface area contributed by atoms with Crippen LogP contribution in [0, 0.1) is 6.92 Å². The molecule has 0 spiro atoms. The SMILES string of the molecule is Cc1[nH]c(-c2ccccc2Oc2ccccc2)cc1C(=O)OC(C)(C)C. The summed E-state index contributed by atoms with van der Waals surface area (Å²) < 4.78 is 11.5. The molecular formula is C22H23NO3. The monoisotopic (exact) mass is 349 g/mol. The van der Waals surface area contributed by atoms with Gasteiger partial charge in [0.15, 0.2) is 0 Å². The van der Waals surface area contributed by atoms with E-state index in [4.69, 9.17) is 9.47 Å². The molecule has 0 aliphatic carbocycles. The number of ether oxygens (including phenoxy) is 2. The largest absolute Gasteiger partial charge is 0.457 e. The highest BCUT2D eigenvalue weighted by Crippen LogP contribution is 2.34. The number of hydrogen-bond donors (Lipinski definition) is 1. The second kappa shape index (κ2) is 7.08. The van der Waals surface area contributed by atoms with Crippen LogP contribution in [0.5, 0.6) is 11.5 Å². The maximum atomic E-state index is 12.4. The molecule has 0 unspecified atom stereocenters. The van der Waals surface area contributed by atoms with Gasteiger partial charge in [0, 0.05) is 11.3 Å². The van der Waals surface area contributed by atoms with Gasteiger partial charge in [0.1, 0.15) is 17.1 Å². The van der Waals surface area contributed by atoms with Crippen molar-refractivity contribution in [2.75, 3.05) is 0 Å². The van der Waals surface area contributed by atoms with Gasteiger partial charge in [-0.3, -0.25) is 0 Å². The summed E-state index contributed by atoms with van der Waals surface area (Å²) in [7, 11) is 0. The smallest absolute Gasteiger partial charge is 0.340 e. The molecule has 3 aromatic rings. The lowest BCUT2D eigenvalue weighted by molar-refractivity contribution is 0.00690. The van der Waals surface area contributed by atoms with Crippen molar-refractivity contribution in [2.24, 2.45) is 0 Å². The lowest BCUT2D eigenvalue weighted by Crippen LogP contribution is -2.24. The van der Waals surface area contributed by atoms with Gasteiger partial charge in [-0.05, 0) is 58.0 Å². The summed E-state index contributed by atoms with van der Waals surface area (Å²) in [6.45, 7) is 7.44. The van der Waals surface area contributed by atoms with Crippen LogP contribution in [0.15, 0.2) is 60.7 Å².